The highest BCUT2D eigenvalue weighted by Crippen LogP contribution is 2.22. The largest absolute Gasteiger partial charge is 0.382 e. The molecule has 0 heterocycles. The standard InChI is InChI=1S/C8H17NO2/c1-9-7-3-4-8(7)11-6-5-10-2/h7-9H,3-6H2,1-2H3/t7-,8-/m0/s1. The van der Waals surface area contributed by atoms with Crippen molar-refractivity contribution in [1.29, 1.82) is 0 Å². The van der Waals surface area contributed by atoms with Crippen molar-refractivity contribution in [2.45, 2.75) is 25.0 Å². The van der Waals surface area contributed by atoms with Crippen LogP contribution < -0.4 is 5.32 Å². The Morgan fingerprint density at radius 2 is 2.18 bits per heavy atom. The second kappa shape index (κ2) is 4.70. The Morgan fingerprint density at radius 1 is 1.36 bits per heavy atom. The second-order valence-electron chi connectivity index (χ2n) is 2.87. The first-order chi connectivity index (χ1) is 5.38. The van der Waals surface area contributed by atoms with Gasteiger partial charge in [0, 0.05) is 13.2 Å². The minimum Gasteiger partial charge on any atom is -0.382 e. The highest BCUT2D eigenvalue weighted by molar-refractivity contribution is 4.86. The molecule has 1 fully saturated rings. The van der Waals surface area contributed by atoms with E-state index < -0.39 is 0 Å². The number of hydrogen-bond acceptors (Lipinski definition) is 3. The van der Waals surface area contributed by atoms with Crippen LogP contribution in [0.3, 0.4) is 0 Å². The fraction of sp³-hybridized carbons (Fsp3) is 1.00. The summed E-state index contributed by atoms with van der Waals surface area (Å²) in [6, 6.07) is 0.576. The summed E-state index contributed by atoms with van der Waals surface area (Å²) >= 11 is 0. The van der Waals surface area contributed by atoms with Crippen LogP contribution in [0.2, 0.25) is 0 Å². The van der Waals surface area contributed by atoms with E-state index in [9.17, 15) is 0 Å². The van der Waals surface area contributed by atoms with E-state index in [1.165, 1.54) is 12.8 Å². The number of methoxy groups -OCH3 is 1. The quantitative estimate of drug-likeness (QED) is 0.589. The number of ether oxygens (including phenoxy) is 2. The number of nitrogens with one attached hydrogen (secondary N) is 1. The molecule has 1 aliphatic rings. The Hall–Kier alpha value is -0.120. The minimum atomic E-state index is 0.426. The van der Waals surface area contributed by atoms with Crippen molar-refractivity contribution >= 4 is 0 Å². The Kier molecular flexibility index (Phi) is 3.83. The Morgan fingerprint density at radius 3 is 2.64 bits per heavy atom. The number of likely N-dealkylation sites (N-methyl/N-ethyl adjacent to an activating group) is 1. The van der Waals surface area contributed by atoms with Gasteiger partial charge in [-0.25, -0.2) is 0 Å². The lowest BCUT2D eigenvalue weighted by molar-refractivity contribution is -0.0418. The third-order valence-electron chi connectivity index (χ3n) is 2.20. The molecular weight excluding hydrogens is 142 g/mol. The molecule has 11 heavy (non-hydrogen) atoms. The van der Waals surface area contributed by atoms with Gasteiger partial charge >= 0.3 is 0 Å². The summed E-state index contributed by atoms with van der Waals surface area (Å²) in [5.41, 5.74) is 0. The number of rotatable bonds is 5. The molecule has 2 atom stereocenters. The Labute approximate surface area is 68.1 Å². The van der Waals surface area contributed by atoms with Gasteiger partial charge in [0.2, 0.25) is 0 Å². The molecule has 0 aromatic carbocycles. The fourth-order valence-electron chi connectivity index (χ4n) is 1.28. The minimum absolute atomic E-state index is 0.426. The van der Waals surface area contributed by atoms with Crippen LogP contribution in [-0.2, 0) is 9.47 Å². The topological polar surface area (TPSA) is 30.5 Å². The molecule has 0 unspecified atom stereocenters. The molecule has 0 saturated heterocycles. The van der Waals surface area contributed by atoms with E-state index in [-0.39, 0.29) is 0 Å². The predicted octanol–water partition coefficient (Wildman–Crippen LogP) is 0.400. The molecule has 1 aliphatic carbocycles. The molecule has 0 spiro atoms. The van der Waals surface area contributed by atoms with Gasteiger partial charge in [0.15, 0.2) is 0 Å². The molecule has 1 saturated carbocycles. The molecule has 0 bridgehead atoms. The predicted molar refractivity (Wildman–Crippen MR) is 43.7 cm³/mol. The monoisotopic (exact) mass is 159 g/mol. The van der Waals surface area contributed by atoms with Gasteiger partial charge in [0.25, 0.3) is 0 Å². The molecule has 1 rings (SSSR count). The summed E-state index contributed by atoms with van der Waals surface area (Å²) < 4.78 is 10.4. The maximum atomic E-state index is 5.53. The first kappa shape index (κ1) is 8.97. The van der Waals surface area contributed by atoms with E-state index in [2.05, 4.69) is 5.32 Å². The van der Waals surface area contributed by atoms with Gasteiger partial charge in [-0.1, -0.05) is 0 Å². The molecule has 3 heteroatoms. The van der Waals surface area contributed by atoms with Crippen molar-refractivity contribution < 1.29 is 9.47 Å². The van der Waals surface area contributed by atoms with Crippen LogP contribution in [0.5, 0.6) is 0 Å². The molecule has 0 radical (unpaired) electrons. The van der Waals surface area contributed by atoms with Gasteiger partial charge in [-0.15, -0.1) is 0 Å². The van der Waals surface area contributed by atoms with Crippen LogP contribution in [0.1, 0.15) is 12.8 Å². The summed E-state index contributed by atoms with van der Waals surface area (Å²) in [7, 11) is 3.68. The summed E-state index contributed by atoms with van der Waals surface area (Å²) in [6.07, 6.45) is 2.86. The maximum absolute atomic E-state index is 5.53. The second-order valence-corrected chi connectivity index (χ2v) is 2.87. The smallest absolute Gasteiger partial charge is 0.0729 e. The van der Waals surface area contributed by atoms with Gasteiger partial charge in [0.05, 0.1) is 19.3 Å². The van der Waals surface area contributed by atoms with E-state index in [1.807, 2.05) is 7.05 Å². The van der Waals surface area contributed by atoms with Crippen LogP contribution in [-0.4, -0.2) is 39.5 Å². The van der Waals surface area contributed by atoms with E-state index in [1.54, 1.807) is 7.11 Å². The third kappa shape index (κ3) is 2.43. The normalized spacial score (nSPS) is 30.0. The first-order valence-corrected chi connectivity index (χ1v) is 4.16. The fourth-order valence-corrected chi connectivity index (χ4v) is 1.28. The molecule has 66 valence electrons. The number of hydrogen-bond donors (Lipinski definition) is 1. The molecule has 3 nitrogen and oxygen atoms in total. The van der Waals surface area contributed by atoms with E-state index in [4.69, 9.17) is 9.47 Å². The van der Waals surface area contributed by atoms with E-state index >= 15 is 0 Å². The first-order valence-electron chi connectivity index (χ1n) is 4.16. The van der Waals surface area contributed by atoms with Gasteiger partial charge < -0.3 is 14.8 Å². The zero-order valence-electron chi connectivity index (χ0n) is 7.30. The van der Waals surface area contributed by atoms with Crippen molar-refractivity contribution in [2.24, 2.45) is 0 Å². The van der Waals surface area contributed by atoms with E-state index in [0.29, 0.717) is 18.8 Å². The van der Waals surface area contributed by atoms with Gasteiger partial charge in [-0.05, 0) is 19.9 Å². The lowest BCUT2D eigenvalue weighted by atomic mass is 9.89. The van der Waals surface area contributed by atoms with E-state index in [0.717, 1.165) is 6.61 Å². The van der Waals surface area contributed by atoms with Crippen LogP contribution in [0, 0.1) is 0 Å². The Bertz CT molecular complexity index is 106. The van der Waals surface area contributed by atoms with Crippen LogP contribution in [0.4, 0.5) is 0 Å². The van der Waals surface area contributed by atoms with Crippen LogP contribution >= 0.6 is 0 Å². The SMILES string of the molecule is CN[C@H]1CC[C@@H]1OCCOC. The summed E-state index contributed by atoms with van der Waals surface area (Å²) in [5.74, 6) is 0. The highest BCUT2D eigenvalue weighted by atomic mass is 16.5. The lowest BCUT2D eigenvalue weighted by Crippen LogP contribution is -2.48. The summed E-state index contributed by atoms with van der Waals surface area (Å²) in [4.78, 5) is 0. The van der Waals surface area contributed by atoms with Gasteiger partial charge in [-0.3, -0.25) is 0 Å². The van der Waals surface area contributed by atoms with Crippen molar-refractivity contribution in [3.8, 4) is 0 Å². The highest BCUT2D eigenvalue weighted by Gasteiger charge is 2.29. The summed E-state index contributed by atoms with van der Waals surface area (Å²) in [5, 5.41) is 3.21. The zero-order chi connectivity index (χ0) is 8.10. The third-order valence-corrected chi connectivity index (χ3v) is 2.20. The molecule has 0 amide bonds. The average Bonchev–Trinajstić information content (AvgIpc) is 1.97. The molecular formula is C8H17NO2. The molecule has 1 N–H and O–H groups in total. The average molecular weight is 159 g/mol. The lowest BCUT2D eigenvalue weighted by Gasteiger charge is -2.35. The Balaban J connectivity index is 1.98. The maximum Gasteiger partial charge on any atom is 0.0729 e. The van der Waals surface area contributed by atoms with Gasteiger partial charge in [-0.2, -0.15) is 0 Å². The molecule has 0 aromatic heterocycles. The van der Waals surface area contributed by atoms with Crippen molar-refractivity contribution in [1.82, 2.24) is 5.32 Å². The van der Waals surface area contributed by atoms with Crippen LogP contribution in [0.15, 0.2) is 0 Å². The van der Waals surface area contributed by atoms with Crippen molar-refractivity contribution in [3.05, 3.63) is 0 Å². The van der Waals surface area contributed by atoms with Crippen molar-refractivity contribution in [3.63, 3.8) is 0 Å². The molecule has 0 aromatic rings. The zero-order valence-corrected chi connectivity index (χ0v) is 7.30. The van der Waals surface area contributed by atoms with Gasteiger partial charge in [0.1, 0.15) is 0 Å². The molecule has 0 aliphatic heterocycles. The summed E-state index contributed by atoms with van der Waals surface area (Å²) in [6.45, 7) is 1.42. The van der Waals surface area contributed by atoms with Crippen LogP contribution in [0.25, 0.3) is 0 Å². The van der Waals surface area contributed by atoms with Crippen molar-refractivity contribution in [2.75, 3.05) is 27.4 Å².